The maximum atomic E-state index is 12.9. The van der Waals surface area contributed by atoms with E-state index in [-0.39, 0.29) is 30.7 Å². The Morgan fingerprint density at radius 3 is 2.80 bits per heavy atom. The van der Waals surface area contributed by atoms with Gasteiger partial charge in [0.05, 0.1) is 19.2 Å². The van der Waals surface area contributed by atoms with Gasteiger partial charge in [-0.25, -0.2) is 9.67 Å². The number of likely N-dealkylation sites (tertiary alicyclic amines) is 2. The lowest BCUT2D eigenvalue weighted by molar-refractivity contribution is -0.161. The van der Waals surface area contributed by atoms with Crippen LogP contribution in [0, 0.1) is 10.8 Å². The van der Waals surface area contributed by atoms with Crippen LogP contribution in [0.4, 0.5) is 0 Å². The summed E-state index contributed by atoms with van der Waals surface area (Å²) in [5, 5.41) is 30.6. The second-order valence-electron chi connectivity index (χ2n) is 7.35. The highest BCUT2D eigenvalue weighted by Crippen LogP contribution is 2.39. The quantitative estimate of drug-likeness (QED) is 0.226. The van der Waals surface area contributed by atoms with Crippen LogP contribution in [0.3, 0.4) is 0 Å². The van der Waals surface area contributed by atoms with Gasteiger partial charge in [-0.1, -0.05) is 0 Å². The third kappa shape index (κ3) is 3.63. The number of hydrogen-bond acceptors (Lipinski definition) is 9. The smallest absolute Gasteiger partial charge is 0.292 e. The third-order valence-corrected chi connectivity index (χ3v) is 5.38. The molecule has 2 aliphatic rings. The molecule has 3 heterocycles. The van der Waals surface area contributed by atoms with Gasteiger partial charge in [0.15, 0.2) is 6.40 Å². The molecule has 2 saturated heterocycles. The minimum absolute atomic E-state index is 0.143. The maximum absolute atomic E-state index is 12.9. The van der Waals surface area contributed by atoms with Crippen molar-refractivity contribution in [3.63, 3.8) is 0 Å². The van der Waals surface area contributed by atoms with Crippen molar-refractivity contribution in [1.82, 2.24) is 29.9 Å². The van der Waals surface area contributed by atoms with Crippen LogP contribution >= 0.6 is 0 Å². The first-order valence-corrected chi connectivity index (χ1v) is 9.38. The highest BCUT2D eigenvalue weighted by Gasteiger charge is 2.60. The van der Waals surface area contributed by atoms with Crippen molar-refractivity contribution >= 4 is 30.0 Å². The number of carbonyl (C=O) groups excluding carboxylic acids is 3. The summed E-state index contributed by atoms with van der Waals surface area (Å²) in [5.74, 6) is -1.64. The lowest BCUT2D eigenvalue weighted by Crippen LogP contribution is -2.74. The number of aryl methyl sites for hydroxylation is 1. The lowest BCUT2D eigenvalue weighted by atomic mass is 9.85. The van der Waals surface area contributed by atoms with Crippen molar-refractivity contribution in [2.45, 2.75) is 37.5 Å². The highest BCUT2D eigenvalue weighted by atomic mass is 16.5. The molecule has 0 radical (unpaired) electrons. The molecule has 3 atom stereocenters. The molecule has 4 N–H and O–H groups in total. The minimum Gasteiger partial charge on any atom is -0.430 e. The van der Waals surface area contributed by atoms with E-state index in [1.807, 2.05) is 0 Å². The third-order valence-electron chi connectivity index (χ3n) is 5.38. The molecule has 2 aliphatic heterocycles. The number of aromatic nitrogens is 3. The normalized spacial score (nSPS) is 22.4. The summed E-state index contributed by atoms with van der Waals surface area (Å²) in [6, 6.07) is -1.15. The van der Waals surface area contributed by atoms with Gasteiger partial charge in [-0.15, -0.1) is 0 Å². The minimum atomic E-state index is -1.15. The van der Waals surface area contributed by atoms with Crippen LogP contribution in [0.2, 0.25) is 0 Å². The van der Waals surface area contributed by atoms with Gasteiger partial charge in [0, 0.05) is 13.6 Å². The van der Waals surface area contributed by atoms with Crippen LogP contribution in [0.15, 0.2) is 6.33 Å². The molecule has 13 heteroatoms. The van der Waals surface area contributed by atoms with E-state index in [0.29, 0.717) is 25.8 Å². The van der Waals surface area contributed by atoms with E-state index in [1.165, 1.54) is 27.7 Å². The van der Waals surface area contributed by atoms with Crippen LogP contribution in [0.25, 0.3) is 0 Å². The molecule has 0 bridgehead atoms. The molecule has 0 aliphatic carbocycles. The Hall–Kier alpha value is -3.35. The number of nitrogens with one attached hydrogen (secondary N) is 3. The number of nitrogens with zero attached hydrogens (tertiary/aromatic N) is 5. The molecule has 3 unspecified atom stereocenters. The highest BCUT2D eigenvalue weighted by molar-refractivity contribution is 6.02. The summed E-state index contributed by atoms with van der Waals surface area (Å²) in [4.78, 5) is 44.9. The molecule has 162 valence electrons. The lowest BCUT2D eigenvalue weighted by Gasteiger charge is -2.50. The van der Waals surface area contributed by atoms with Crippen molar-refractivity contribution < 1.29 is 24.2 Å². The van der Waals surface area contributed by atoms with Gasteiger partial charge in [-0.2, -0.15) is 5.10 Å². The predicted molar refractivity (Wildman–Crippen MR) is 102 cm³/mol. The molecule has 1 spiro atoms. The van der Waals surface area contributed by atoms with Crippen LogP contribution in [0.1, 0.15) is 30.4 Å². The summed E-state index contributed by atoms with van der Waals surface area (Å²) in [6.45, 7) is 1.70. The Bertz CT molecular complexity index is 883. The number of amides is 3. The molecule has 0 saturated carbocycles. The summed E-state index contributed by atoms with van der Waals surface area (Å²) in [6.07, 6.45) is 1.83. The summed E-state index contributed by atoms with van der Waals surface area (Å²) >= 11 is 0. The number of aliphatic hydroxyl groups is 1. The zero-order chi connectivity index (χ0) is 22.1. The Kier molecular flexibility index (Phi) is 5.82. The van der Waals surface area contributed by atoms with Crippen molar-refractivity contribution in [3.8, 4) is 0 Å². The van der Waals surface area contributed by atoms with Crippen LogP contribution in [-0.2, 0) is 21.4 Å². The average molecular weight is 420 g/mol. The molecule has 2 fully saturated rings. The molecule has 3 rings (SSSR count). The SMILES string of the molecule is CC(O)C(NC(=O)CN1CC2(CCCN2C(=O)c2ncnn2C)C1=O)C(=N)OC=N. The first kappa shape index (κ1) is 21.4. The van der Waals surface area contributed by atoms with Gasteiger partial charge < -0.3 is 25.0 Å². The number of rotatable bonds is 7. The fraction of sp³-hybridized carbons (Fsp3) is 0.588. The zero-order valence-corrected chi connectivity index (χ0v) is 16.7. The van der Waals surface area contributed by atoms with Gasteiger partial charge in [0.1, 0.15) is 17.9 Å². The van der Waals surface area contributed by atoms with Crippen molar-refractivity contribution in [2.75, 3.05) is 19.6 Å². The van der Waals surface area contributed by atoms with E-state index < -0.39 is 29.5 Å². The predicted octanol–water partition coefficient (Wildman–Crippen LogP) is -1.90. The van der Waals surface area contributed by atoms with Gasteiger partial charge in [-0.05, 0) is 19.8 Å². The molecule has 1 aromatic rings. The van der Waals surface area contributed by atoms with Gasteiger partial charge in [0.25, 0.3) is 11.8 Å². The number of β-lactam (4-membered cyclic amide) rings is 1. The molecule has 13 nitrogen and oxygen atoms in total. The first-order chi connectivity index (χ1) is 14.2. The van der Waals surface area contributed by atoms with Crippen molar-refractivity contribution in [2.24, 2.45) is 7.05 Å². The van der Waals surface area contributed by atoms with Crippen LogP contribution in [0.5, 0.6) is 0 Å². The Balaban J connectivity index is 1.63. The van der Waals surface area contributed by atoms with Gasteiger partial charge >= 0.3 is 0 Å². The summed E-state index contributed by atoms with van der Waals surface area (Å²) in [7, 11) is 1.60. The number of ether oxygens (including phenoxy) is 1. The van der Waals surface area contributed by atoms with Crippen LogP contribution in [-0.4, -0.2) is 97.0 Å². The summed E-state index contributed by atoms with van der Waals surface area (Å²) in [5.41, 5.74) is -0.983. The second-order valence-corrected chi connectivity index (χ2v) is 7.35. The molecule has 1 aromatic heterocycles. The number of hydrogen-bond donors (Lipinski definition) is 4. The molecular weight excluding hydrogens is 396 g/mol. The largest absolute Gasteiger partial charge is 0.430 e. The van der Waals surface area contributed by atoms with E-state index in [4.69, 9.17) is 10.8 Å². The Morgan fingerprint density at radius 2 is 2.23 bits per heavy atom. The molecule has 30 heavy (non-hydrogen) atoms. The molecule has 0 aromatic carbocycles. The second kappa shape index (κ2) is 8.18. The number of carbonyl (C=O) groups is 3. The zero-order valence-electron chi connectivity index (χ0n) is 16.7. The number of aliphatic hydroxyl groups excluding tert-OH is 1. The Morgan fingerprint density at radius 1 is 1.50 bits per heavy atom. The van der Waals surface area contributed by atoms with E-state index in [0.717, 1.165) is 0 Å². The van der Waals surface area contributed by atoms with Crippen molar-refractivity contribution in [3.05, 3.63) is 12.2 Å². The standard InChI is InChI=1S/C17H24N8O5/c1-10(26)12(13(19)30-8-18)22-11(27)6-24-7-17(16(24)29)4-3-5-25(17)15(28)14-20-9-21-23(14)2/h8-10,12,18-19,26H,3-7H2,1-2H3,(H,22,27). The van der Waals surface area contributed by atoms with Crippen LogP contribution < -0.4 is 5.32 Å². The van der Waals surface area contributed by atoms with E-state index in [2.05, 4.69) is 20.1 Å². The van der Waals surface area contributed by atoms with Crippen molar-refractivity contribution in [1.29, 1.82) is 10.8 Å². The topological polar surface area (TPSA) is 178 Å². The molecular formula is C17H24N8O5. The summed E-state index contributed by atoms with van der Waals surface area (Å²) < 4.78 is 5.96. The van der Waals surface area contributed by atoms with E-state index >= 15 is 0 Å². The average Bonchev–Trinajstić information content (AvgIpc) is 3.32. The van der Waals surface area contributed by atoms with Gasteiger partial charge in [0.2, 0.25) is 17.6 Å². The Labute approximate surface area is 172 Å². The van der Waals surface area contributed by atoms with Gasteiger partial charge in [-0.3, -0.25) is 25.2 Å². The fourth-order valence-corrected chi connectivity index (χ4v) is 3.89. The fourth-order valence-electron chi connectivity index (χ4n) is 3.89. The maximum Gasteiger partial charge on any atom is 0.292 e. The van der Waals surface area contributed by atoms with E-state index in [9.17, 15) is 19.5 Å². The monoisotopic (exact) mass is 420 g/mol. The van der Waals surface area contributed by atoms with E-state index in [1.54, 1.807) is 7.05 Å². The molecule has 3 amide bonds. The first-order valence-electron chi connectivity index (χ1n) is 9.38.